The smallest absolute Gasteiger partial charge is 0.266 e. The Balaban J connectivity index is 0.964. The first-order valence-corrected chi connectivity index (χ1v) is 19.6. The van der Waals surface area contributed by atoms with E-state index in [4.69, 9.17) is 4.98 Å². The first-order valence-electron chi connectivity index (χ1n) is 18.8. The molecule has 0 radical (unpaired) electrons. The lowest BCUT2D eigenvalue weighted by atomic mass is 10.0. The van der Waals surface area contributed by atoms with Gasteiger partial charge in [-0.25, -0.2) is 4.98 Å². The Morgan fingerprint density at radius 2 is 0.857 bits per heavy atom. The highest BCUT2D eigenvalue weighted by Crippen LogP contribution is 2.38. The highest BCUT2D eigenvalue weighted by molar-refractivity contribution is 7.23. The van der Waals surface area contributed by atoms with Crippen molar-refractivity contribution in [2.75, 3.05) is 0 Å². The van der Waals surface area contributed by atoms with Crippen molar-refractivity contribution in [3.63, 3.8) is 0 Å². The van der Waals surface area contributed by atoms with Crippen LogP contribution >= 0.6 is 11.3 Å². The first-order chi connectivity index (χ1) is 27.7. The highest BCUT2D eigenvalue weighted by Gasteiger charge is 2.17. The summed E-state index contributed by atoms with van der Waals surface area (Å²) in [7, 11) is 0. The molecule has 0 aliphatic carbocycles. The molecule has 5 nitrogen and oxygen atoms in total. The van der Waals surface area contributed by atoms with Gasteiger partial charge in [-0.2, -0.15) is 0 Å². The maximum Gasteiger partial charge on any atom is 0.266 e. The van der Waals surface area contributed by atoms with E-state index in [9.17, 15) is 4.79 Å². The van der Waals surface area contributed by atoms with Gasteiger partial charge in [0.15, 0.2) is 4.96 Å². The van der Waals surface area contributed by atoms with Crippen molar-refractivity contribution in [2.24, 2.45) is 0 Å². The number of fused-ring (bicyclic) bond motifs is 10. The van der Waals surface area contributed by atoms with Crippen molar-refractivity contribution < 1.29 is 0 Å². The van der Waals surface area contributed by atoms with Crippen LogP contribution in [0.2, 0.25) is 0 Å². The van der Waals surface area contributed by atoms with Gasteiger partial charge in [-0.3, -0.25) is 9.20 Å². The van der Waals surface area contributed by atoms with Gasteiger partial charge in [-0.1, -0.05) is 108 Å². The van der Waals surface area contributed by atoms with Crippen LogP contribution in [-0.4, -0.2) is 18.5 Å². The van der Waals surface area contributed by atoms with Gasteiger partial charge in [-0.05, 0) is 107 Å². The average Bonchev–Trinajstić information content (AvgIpc) is 3.91. The largest absolute Gasteiger partial charge is 0.309 e. The minimum absolute atomic E-state index is 0.0490. The second kappa shape index (κ2) is 11.9. The molecule has 4 aromatic heterocycles. The number of aromatic nitrogens is 4. The molecule has 0 saturated carbocycles. The van der Waals surface area contributed by atoms with E-state index in [1.807, 2.05) is 18.2 Å². The lowest BCUT2D eigenvalue weighted by Gasteiger charge is -2.08. The van der Waals surface area contributed by atoms with Crippen LogP contribution in [0.25, 0.3) is 103 Å². The fourth-order valence-corrected chi connectivity index (χ4v) is 9.76. The molecule has 8 aromatic carbocycles. The molecule has 0 N–H and O–H groups in total. The fourth-order valence-electron chi connectivity index (χ4n) is 8.70. The van der Waals surface area contributed by atoms with Crippen LogP contribution < -0.4 is 5.56 Å². The van der Waals surface area contributed by atoms with E-state index in [0.717, 1.165) is 49.4 Å². The van der Waals surface area contributed by atoms with Crippen LogP contribution in [-0.2, 0) is 0 Å². The Kier molecular flexibility index (Phi) is 6.59. The molecule has 262 valence electrons. The van der Waals surface area contributed by atoms with Crippen molar-refractivity contribution in [3.8, 4) is 33.6 Å². The molecule has 12 rings (SSSR count). The molecule has 0 atom stereocenters. The van der Waals surface area contributed by atoms with E-state index in [1.165, 1.54) is 38.1 Å². The van der Waals surface area contributed by atoms with Crippen LogP contribution in [0, 0.1) is 0 Å². The summed E-state index contributed by atoms with van der Waals surface area (Å²) in [4.78, 5) is 19.9. The van der Waals surface area contributed by atoms with Crippen LogP contribution in [0.15, 0.2) is 187 Å². The Bertz CT molecular complexity index is 3610. The summed E-state index contributed by atoms with van der Waals surface area (Å²) in [6.45, 7) is 0. The van der Waals surface area contributed by atoms with Gasteiger partial charge in [0.2, 0.25) is 0 Å². The second-order valence-electron chi connectivity index (χ2n) is 14.4. The molecule has 4 heterocycles. The average molecular weight is 735 g/mol. The fraction of sp³-hybridized carbons (Fsp3) is 0. The molecule has 6 heteroatoms. The molecule has 0 aliphatic rings. The maximum atomic E-state index is 14.1. The van der Waals surface area contributed by atoms with E-state index in [0.29, 0.717) is 15.9 Å². The van der Waals surface area contributed by atoms with E-state index in [1.54, 1.807) is 15.7 Å². The molecule has 0 aliphatic heterocycles. The molecule has 0 spiro atoms. The molecule has 0 unspecified atom stereocenters. The highest BCUT2D eigenvalue weighted by atomic mass is 32.1. The quantitative estimate of drug-likeness (QED) is 0.181. The third-order valence-electron chi connectivity index (χ3n) is 11.3. The minimum atomic E-state index is -0.0490. The van der Waals surface area contributed by atoms with Crippen molar-refractivity contribution in [1.29, 1.82) is 0 Å². The number of thiazole rings is 1. The van der Waals surface area contributed by atoms with E-state index >= 15 is 0 Å². The summed E-state index contributed by atoms with van der Waals surface area (Å²) < 4.78 is 7.45. The van der Waals surface area contributed by atoms with Gasteiger partial charge in [0.25, 0.3) is 5.56 Å². The van der Waals surface area contributed by atoms with Crippen LogP contribution in [0.1, 0.15) is 0 Å². The number of nitrogens with zero attached hydrogens (tertiary/aromatic N) is 4. The zero-order valence-corrected chi connectivity index (χ0v) is 30.7. The number of hydrogen-bond donors (Lipinski definition) is 0. The maximum absolute atomic E-state index is 14.1. The SMILES string of the molecule is O=c1c2ccc(-c3ccc4c(c3)c3ccccc3n4-c3ccccc3)cc2nc2sc3cc(-c4ccc5c(c4)c4ccccc4n5-c4ccccc4)ccc3n12. The lowest BCUT2D eigenvalue weighted by Crippen LogP contribution is -2.13. The van der Waals surface area contributed by atoms with Crippen molar-refractivity contribution >= 4 is 81.0 Å². The zero-order valence-electron chi connectivity index (χ0n) is 29.9. The third-order valence-corrected chi connectivity index (χ3v) is 12.3. The summed E-state index contributed by atoms with van der Waals surface area (Å²) in [6.07, 6.45) is 0. The van der Waals surface area contributed by atoms with Crippen molar-refractivity contribution in [2.45, 2.75) is 0 Å². The lowest BCUT2D eigenvalue weighted by molar-refractivity contribution is 1.16. The number of rotatable bonds is 4. The molecule has 0 amide bonds. The summed E-state index contributed by atoms with van der Waals surface area (Å²) >= 11 is 1.56. The summed E-state index contributed by atoms with van der Waals surface area (Å²) in [5, 5.41) is 5.43. The monoisotopic (exact) mass is 734 g/mol. The Morgan fingerprint density at radius 1 is 0.393 bits per heavy atom. The number of benzene rings is 8. The summed E-state index contributed by atoms with van der Waals surface area (Å²) in [5.74, 6) is 0. The van der Waals surface area contributed by atoms with E-state index in [2.05, 4.69) is 173 Å². The van der Waals surface area contributed by atoms with E-state index in [-0.39, 0.29) is 5.56 Å². The molecular weight excluding hydrogens is 705 g/mol. The topological polar surface area (TPSA) is 44.2 Å². The van der Waals surface area contributed by atoms with Crippen LogP contribution in [0.5, 0.6) is 0 Å². The van der Waals surface area contributed by atoms with Crippen LogP contribution in [0.3, 0.4) is 0 Å². The van der Waals surface area contributed by atoms with Gasteiger partial charge in [-0.15, -0.1) is 0 Å². The molecule has 0 fully saturated rings. The molecule has 12 aromatic rings. The van der Waals surface area contributed by atoms with Crippen LogP contribution in [0.4, 0.5) is 0 Å². The minimum Gasteiger partial charge on any atom is -0.309 e. The molecule has 0 bridgehead atoms. The number of hydrogen-bond acceptors (Lipinski definition) is 3. The van der Waals surface area contributed by atoms with Crippen molar-refractivity contribution in [1.82, 2.24) is 18.5 Å². The third kappa shape index (κ3) is 4.54. The van der Waals surface area contributed by atoms with Gasteiger partial charge in [0.1, 0.15) is 0 Å². The van der Waals surface area contributed by atoms with E-state index < -0.39 is 0 Å². The second-order valence-corrected chi connectivity index (χ2v) is 15.4. The summed E-state index contributed by atoms with van der Waals surface area (Å²) in [5.41, 5.74) is 12.8. The first kappa shape index (κ1) is 31.1. The molecule has 0 saturated heterocycles. The van der Waals surface area contributed by atoms with Crippen molar-refractivity contribution in [3.05, 3.63) is 192 Å². The molecular formula is C50H30N4OS. The Morgan fingerprint density at radius 3 is 1.45 bits per heavy atom. The molecule has 56 heavy (non-hydrogen) atoms. The predicted molar refractivity (Wildman–Crippen MR) is 234 cm³/mol. The Labute approximate surface area is 324 Å². The van der Waals surface area contributed by atoms with Gasteiger partial charge in [0, 0.05) is 32.9 Å². The zero-order chi connectivity index (χ0) is 36.9. The number of para-hydroxylation sites is 4. The van der Waals surface area contributed by atoms with Gasteiger partial charge < -0.3 is 9.13 Å². The standard InChI is InChI=1S/C50H30N4OS/c55-49-39-23-19-33(31-20-24-45-40(27-31)37-15-7-9-17-43(37)52(45)35-11-3-1-4-12-35)29-42(39)51-50-54(49)47-26-22-34(30-48(47)56-50)32-21-25-46-41(28-32)38-16-8-10-18-44(38)53(46)36-13-5-2-6-14-36/h1-30H. The normalized spacial score (nSPS) is 12.0. The van der Waals surface area contributed by atoms with Gasteiger partial charge in [0.05, 0.1) is 43.2 Å². The van der Waals surface area contributed by atoms with Gasteiger partial charge >= 0.3 is 0 Å². The summed E-state index contributed by atoms with van der Waals surface area (Å²) in [6, 6.07) is 64.0. The predicted octanol–water partition coefficient (Wildman–Crippen LogP) is 12.6. The Hall–Kier alpha value is -7.28.